The summed E-state index contributed by atoms with van der Waals surface area (Å²) in [4.78, 5) is 28.5. The van der Waals surface area contributed by atoms with Crippen LogP contribution < -0.4 is 14.8 Å². The summed E-state index contributed by atoms with van der Waals surface area (Å²) in [6.07, 6.45) is 0. The first-order chi connectivity index (χ1) is 14.7. The monoisotopic (exact) mass is 442 g/mol. The van der Waals surface area contributed by atoms with E-state index in [-0.39, 0.29) is 22.7 Å². The van der Waals surface area contributed by atoms with E-state index in [2.05, 4.69) is 5.32 Å². The largest absolute Gasteiger partial charge is 0.493 e. The number of carbonyl (C=O) groups excluding carboxylic acids is 2. The Morgan fingerprint density at radius 1 is 1.06 bits per heavy atom. The van der Waals surface area contributed by atoms with Crippen LogP contribution in [-0.2, 0) is 4.79 Å². The molecule has 0 spiro atoms. The van der Waals surface area contributed by atoms with Crippen molar-refractivity contribution in [3.05, 3.63) is 59.2 Å². The van der Waals surface area contributed by atoms with Gasteiger partial charge in [-0.1, -0.05) is 24.3 Å². The average Bonchev–Trinajstić information content (AvgIpc) is 3.17. The third-order valence-electron chi connectivity index (χ3n) is 5.10. The molecular weight excluding hydrogens is 412 g/mol. The van der Waals surface area contributed by atoms with E-state index in [9.17, 15) is 9.59 Å². The van der Waals surface area contributed by atoms with Crippen LogP contribution in [0.25, 0.3) is 0 Å². The molecule has 0 aliphatic carbocycles. The molecule has 2 atom stereocenters. The van der Waals surface area contributed by atoms with Gasteiger partial charge >= 0.3 is 0 Å². The van der Waals surface area contributed by atoms with Crippen molar-refractivity contribution in [1.29, 1.82) is 0 Å². The van der Waals surface area contributed by atoms with Crippen LogP contribution in [0.2, 0.25) is 0 Å². The van der Waals surface area contributed by atoms with E-state index in [1.807, 2.05) is 70.2 Å². The quantitative estimate of drug-likeness (QED) is 0.752. The standard InChI is InChI=1S/C24H30N2O4S/c1-15-9-7-8-10-17(15)22(28)26-18(21(27)25-24(2,3)4)14-31-23(26)16-11-12-19(29-5)20(13-16)30-6/h7-13,18,23H,14H2,1-6H3,(H,25,27). The van der Waals surface area contributed by atoms with Crippen molar-refractivity contribution in [2.45, 2.75) is 44.6 Å². The topological polar surface area (TPSA) is 67.9 Å². The van der Waals surface area contributed by atoms with Crippen LogP contribution in [0.15, 0.2) is 42.5 Å². The van der Waals surface area contributed by atoms with Crippen molar-refractivity contribution >= 4 is 23.6 Å². The molecule has 6 nitrogen and oxygen atoms in total. The molecule has 1 aliphatic rings. The fourth-order valence-electron chi connectivity index (χ4n) is 3.62. The van der Waals surface area contributed by atoms with Crippen LogP contribution in [0.4, 0.5) is 0 Å². The summed E-state index contributed by atoms with van der Waals surface area (Å²) >= 11 is 1.58. The van der Waals surface area contributed by atoms with Gasteiger partial charge < -0.3 is 19.7 Å². The maximum atomic E-state index is 13.7. The van der Waals surface area contributed by atoms with Crippen molar-refractivity contribution in [1.82, 2.24) is 10.2 Å². The number of benzene rings is 2. The van der Waals surface area contributed by atoms with Crippen LogP contribution in [0.1, 0.15) is 47.6 Å². The third-order valence-corrected chi connectivity index (χ3v) is 6.43. The molecule has 7 heteroatoms. The molecule has 0 bridgehead atoms. The van der Waals surface area contributed by atoms with Gasteiger partial charge in [0.15, 0.2) is 11.5 Å². The number of carbonyl (C=O) groups is 2. The van der Waals surface area contributed by atoms with E-state index >= 15 is 0 Å². The summed E-state index contributed by atoms with van der Waals surface area (Å²) in [7, 11) is 3.17. The summed E-state index contributed by atoms with van der Waals surface area (Å²) in [6, 6.07) is 12.5. The van der Waals surface area contributed by atoms with Gasteiger partial charge in [0, 0.05) is 16.9 Å². The van der Waals surface area contributed by atoms with Gasteiger partial charge in [0.1, 0.15) is 11.4 Å². The van der Waals surface area contributed by atoms with Crippen LogP contribution in [0.3, 0.4) is 0 Å². The van der Waals surface area contributed by atoms with Crippen LogP contribution >= 0.6 is 11.8 Å². The van der Waals surface area contributed by atoms with Crippen LogP contribution in [0, 0.1) is 6.92 Å². The smallest absolute Gasteiger partial charge is 0.256 e. The molecule has 0 aromatic heterocycles. The number of nitrogens with zero attached hydrogens (tertiary/aromatic N) is 1. The zero-order valence-electron chi connectivity index (χ0n) is 18.9. The van der Waals surface area contributed by atoms with Gasteiger partial charge in [0.25, 0.3) is 5.91 Å². The minimum absolute atomic E-state index is 0.148. The highest BCUT2D eigenvalue weighted by Crippen LogP contribution is 2.44. The molecule has 2 aromatic rings. The first kappa shape index (κ1) is 23.0. The number of rotatable bonds is 5. The highest BCUT2D eigenvalue weighted by molar-refractivity contribution is 7.99. The van der Waals surface area contributed by atoms with Gasteiger partial charge in [-0.05, 0) is 57.0 Å². The second-order valence-electron chi connectivity index (χ2n) is 8.58. The maximum Gasteiger partial charge on any atom is 0.256 e. The predicted molar refractivity (Wildman–Crippen MR) is 124 cm³/mol. The second-order valence-corrected chi connectivity index (χ2v) is 9.70. The van der Waals surface area contributed by atoms with E-state index in [1.54, 1.807) is 30.9 Å². The Hall–Kier alpha value is -2.67. The lowest BCUT2D eigenvalue weighted by atomic mass is 10.0. The number of thioether (sulfide) groups is 1. The highest BCUT2D eigenvalue weighted by Gasteiger charge is 2.43. The Bertz CT molecular complexity index is 970. The molecule has 1 heterocycles. The molecule has 1 aliphatic heterocycles. The SMILES string of the molecule is COc1ccc(C2SCC(C(=O)NC(C)(C)C)N2C(=O)c2ccccc2C)cc1OC. The second kappa shape index (κ2) is 9.22. The summed E-state index contributed by atoms with van der Waals surface area (Å²) in [5.74, 6) is 1.42. The van der Waals surface area contributed by atoms with E-state index in [1.165, 1.54) is 0 Å². The molecule has 2 unspecified atom stereocenters. The van der Waals surface area contributed by atoms with Crippen molar-refractivity contribution in [3.63, 3.8) is 0 Å². The number of methoxy groups -OCH3 is 2. The summed E-state index contributed by atoms with van der Waals surface area (Å²) < 4.78 is 10.8. The lowest BCUT2D eigenvalue weighted by molar-refractivity contribution is -0.126. The Morgan fingerprint density at radius 2 is 1.74 bits per heavy atom. The molecular formula is C24H30N2O4S. The Morgan fingerprint density at radius 3 is 2.35 bits per heavy atom. The molecule has 3 rings (SSSR count). The molecule has 2 aromatic carbocycles. The summed E-state index contributed by atoms with van der Waals surface area (Å²) in [5.41, 5.74) is 1.98. The van der Waals surface area contributed by atoms with Gasteiger partial charge in [0.05, 0.1) is 14.2 Å². The van der Waals surface area contributed by atoms with E-state index < -0.39 is 6.04 Å². The van der Waals surface area contributed by atoms with E-state index in [4.69, 9.17) is 9.47 Å². The molecule has 1 saturated heterocycles. The Kier molecular flexibility index (Phi) is 6.84. The summed E-state index contributed by atoms with van der Waals surface area (Å²) in [6.45, 7) is 7.72. The molecule has 2 amide bonds. The molecule has 0 saturated carbocycles. The van der Waals surface area contributed by atoms with Crippen molar-refractivity contribution < 1.29 is 19.1 Å². The fraction of sp³-hybridized carbons (Fsp3) is 0.417. The van der Waals surface area contributed by atoms with Gasteiger partial charge in [-0.3, -0.25) is 9.59 Å². The highest BCUT2D eigenvalue weighted by atomic mass is 32.2. The van der Waals surface area contributed by atoms with E-state index in [0.29, 0.717) is 22.8 Å². The molecule has 1 fully saturated rings. The fourth-order valence-corrected chi connectivity index (χ4v) is 5.04. The maximum absolute atomic E-state index is 13.7. The van der Waals surface area contributed by atoms with Gasteiger partial charge in [-0.2, -0.15) is 0 Å². The minimum atomic E-state index is -0.575. The number of nitrogens with one attached hydrogen (secondary N) is 1. The van der Waals surface area contributed by atoms with Crippen molar-refractivity contribution in [3.8, 4) is 11.5 Å². The number of ether oxygens (including phenoxy) is 2. The van der Waals surface area contributed by atoms with Gasteiger partial charge in [-0.15, -0.1) is 11.8 Å². The van der Waals surface area contributed by atoms with Crippen molar-refractivity contribution in [2.75, 3.05) is 20.0 Å². The molecule has 166 valence electrons. The van der Waals surface area contributed by atoms with Gasteiger partial charge in [0.2, 0.25) is 5.91 Å². The average molecular weight is 443 g/mol. The number of hydrogen-bond acceptors (Lipinski definition) is 5. The lowest BCUT2D eigenvalue weighted by Crippen LogP contribution is -2.52. The first-order valence-electron chi connectivity index (χ1n) is 10.2. The predicted octanol–water partition coefficient (Wildman–Crippen LogP) is 4.18. The zero-order chi connectivity index (χ0) is 22.8. The Balaban J connectivity index is 2.03. The number of amides is 2. The minimum Gasteiger partial charge on any atom is -0.493 e. The number of hydrogen-bond donors (Lipinski definition) is 1. The number of aryl methyl sites for hydroxylation is 1. The third kappa shape index (κ3) is 4.98. The molecule has 31 heavy (non-hydrogen) atoms. The normalized spacial score (nSPS) is 18.6. The van der Waals surface area contributed by atoms with Crippen LogP contribution in [-0.4, -0.2) is 48.3 Å². The lowest BCUT2D eigenvalue weighted by Gasteiger charge is -2.32. The summed E-state index contributed by atoms with van der Waals surface area (Å²) in [5, 5.41) is 2.72. The van der Waals surface area contributed by atoms with Gasteiger partial charge in [-0.25, -0.2) is 0 Å². The first-order valence-corrected chi connectivity index (χ1v) is 11.2. The van der Waals surface area contributed by atoms with Crippen molar-refractivity contribution in [2.24, 2.45) is 0 Å². The molecule has 0 radical (unpaired) electrons. The van der Waals surface area contributed by atoms with Crippen LogP contribution in [0.5, 0.6) is 11.5 Å². The molecule has 1 N–H and O–H groups in total. The Labute approximate surface area is 188 Å². The zero-order valence-corrected chi connectivity index (χ0v) is 19.7. The van der Waals surface area contributed by atoms with E-state index in [0.717, 1.165) is 11.1 Å².